The highest BCUT2D eigenvalue weighted by atomic mass is 16.4. The van der Waals surface area contributed by atoms with Gasteiger partial charge in [0.1, 0.15) is 0 Å². The molecule has 2 aromatic rings. The first-order valence-electron chi connectivity index (χ1n) is 4.45. The topological polar surface area (TPSA) is 75.3 Å². The predicted octanol–water partition coefficient (Wildman–Crippen LogP) is 1.82. The lowest BCUT2D eigenvalue weighted by atomic mass is 10.0. The predicted molar refractivity (Wildman–Crippen MR) is 58.7 cm³/mol. The highest BCUT2D eigenvalue weighted by molar-refractivity contribution is 6.07. The van der Waals surface area contributed by atoms with E-state index >= 15 is 0 Å². The summed E-state index contributed by atoms with van der Waals surface area (Å²) < 4.78 is 0. The third-order valence-electron chi connectivity index (χ3n) is 2.31. The van der Waals surface area contributed by atoms with Crippen molar-refractivity contribution in [1.82, 2.24) is 0 Å². The second kappa shape index (κ2) is 3.59. The average molecular weight is 202 g/mol. The van der Waals surface area contributed by atoms with Crippen LogP contribution in [-0.4, -0.2) is 11.1 Å². The van der Waals surface area contributed by atoms with E-state index in [-0.39, 0.29) is 5.56 Å². The van der Waals surface area contributed by atoms with Crippen molar-refractivity contribution in [2.45, 2.75) is 0 Å². The molecule has 0 aromatic heterocycles. The molecule has 2 aromatic carbocycles. The maximum Gasteiger partial charge on any atom is 0.336 e. The van der Waals surface area contributed by atoms with Crippen LogP contribution in [0.25, 0.3) is 10.8 Å². The van der Waals surface area contributed by atoms with E-state index in [1.807, 2.05) is 12.1 Å². The van der Waals surface area contributed by atoms with Crippen LogP contribution in [0, 0.1) is 0 Å². The van der Waals surface area contributed by atoms with Crippen molar-refractivity contribution >= 4 is 22.4 Å². The molecule has 76 valence electrons. The van der Waals surface area contributed by atoms with Gasteiger partial charge >= 0.3 is 5.97 Å². The first-order valence-corrected chi connectivity index (χ1v) is 4.45. The summed E-state index contributed by atoms with van der Waals surface area (Å²) in [5.41, 5.74) is 3.54. The minimum atomic E-state index is -0.935. The highest BCUT2D eigenvalue weighted by Crippen LogP contribution is 2.25. The van der Waals surface area contributed by atoms with Gasteiger partial charge < -0.3 is 10.5 Å². The molecule has 0 fully saturated rings. The van der Waals surface area contributed by atoms with Crippen molar-refractivity contribution in [3.8, 4) is 0 Å². The SMILES string of the molecule is NNc1ccc(C(=O)O)c2ccccc12. The third-order valence-corrected chi connectivity index (χ3v) is 2.31. The average Bonchev–Trinajstić information content (AvgIpc) is 2.27. The zero-order valence-electron chi connectivity index (χ0n) is 7.90. The Bertz CT molecular complexity index is 523. The molecule has 0 saturated carbocycles. The molecule has 4 N–H and O–H groups in total. The molecule has 15 heavy (non-hydrogen) atoms. The van der Waals surface area contributed by atoms with Crippen LogP contribution in [0.3, 0.4) is 0 Å². The Morgan fingerprint density at radius 3 is 2.40 bits per heavy atom. The van der Waals surface area contributed by atoms with Crippen molar-refractivity contribution in [2.24, 2.45) is 5.84 Å². The van der Waals surface area contributed by atoms with E-state index in [9.17, 15) is 4.79 Å². The number of hydrazine groups is 1. The van der Waals surface area contributed by atoms with Crippen molar-refractivity contribution in [3.63, 3.8) is 0 Å². The summed E-state index contributed by atoms with van der Waals surface area (Å²) in [5.74, 6) is 4.41. The van der Waals surface area contributed by atoms with Crippen LogP contribution in [-0.2, 0) is 0 Å². The van der Waals surface area contributed by atoms with Crippen molar-refractivity contribution in [3.05, 3.63) is 42.0 Å². The van der Waals surface area contributed by atoms with Gasteiger partial charge in [-0.15, -0.1) is 0 Å². The van der Waals surface area contributed by atoms with Gasteiger partial charge in [0.15, 0.2) is 0 Å². The Morgan fingerprint density at radius 2 is 1.80 bits per heavy atom. The van der Waals surface area contributed by atoms with Crippen LogP contribution in [0.2, 0.25) is 0 Å². The summed E-state index contributed by atoms with van der Waals surface area (Å²) in [5, 5.41) is 10.5. The van der Waals surface area contributed by atoms with E-state index in [2.05, 4.69) is 5.43 Å². The summed E-state index contributed by atoms with van der Waals surface area (Å²) in [6.45, 7) is 0. The van der Waals surface area contributed by atoms with Crippen LogP contribution < -0.4 is 11.3 Å². The maximum atomic E-state index is 11.0. The van der Waals surface area contributed by atoms with Crippen LogP contribution in [0.15, 0.2) is 36.4 Å². The van der Waals surface area contributed by atoms with E-state index in [1.54, 1.807) is 24.3 Å². The fourth-order valence-corrected chi connectivity index (χ4v) is 1.61. The van der Waals surface area contributed by atoms with Gasteiger partial charge in [-0.05, 0) is 17.5 Å². The van der Waals surface area contributed by atoms with Gasteiger partial charge in [-0.25, -0.2) is 4.79 Å². The third kappa shape index (κ3) is 1.51. The molecule has 2 rings (SSSR count). The van der Waals surface area contributed by atoms with Gasteiger partial charge in [0.25, 0.3) is 0 Å². The first kappa shape index (κ1) is 9.48. The molecular formula is C11H10N2O2. The fraction of sp³-hybridized carbons (Fsp3) is 0. The number of rotatable bonds is 2. The molecule has 0 aliphatic rings. The van der Waals surface area contributed by atoms with Crippen molar-refractivity contribution < 1.29 is 9.90 Å². The number of carboxylic acids is 1. The van der Waals surface area contributed by atoms with Crippen molar-refractivity contribution in [2.75, 3.05) is 5.43 Å². The Labute approximate surface area is 86.3 Å². The number of nitrogens with one attached hydrogen (secondary N) is 1. The van der Waals surface area contributed by atoms with Gasteiger partial charge in [0, 0.05) is 5.39 Å². The van der Waals surface area contributed by atoms with Crippen LogP contribution in [0.4, 0.5) is 5.69 Å². The van der Waals surface area contributed by atoms with Crippen LogP contribution in [0.1, 0.15) is 10.4 Å². The van der Waals surface area contributed by atoms with Crippen LogP contribution in [0.5, 0.6) is 0 Å². The van der Waals surface area contributed by atoms with E-state index in [1.165, 1.54) is 0 Å². The Kier molecular flexibility index (Phi) is 2.27. The maximum absolute atomic E-state index is 11.0. The number of hydrogen-bond donors (Lipinski definition) is 3. The molecule has 0 radical (unpaired) electrons. The number of fused-ring (bicyclic) bond motifs is 1. The number of benzene rings is 2. The largest absolute Gasteiger partial charge is 0.478 e. The number of carboxylic acid groups (broad SMARTS) is 1. The summed E-state index contributed by atoms with van der Waals surface area (Å²) in [7, 11) is 0. The van der Waals surface area contributed by atoms with E-state index in [4.69, 9.17) is 10.9 Å². The van der Waals surface area contributed by atoms with Gasteiger partial charge in [-0.1, -0.05) is 24.3 Å². The minimum absolute atomic E-state index is 0.282. The zero-order valence-corrected chi connectivity index (χ0v) is 7.90. The van der Waals surface area contributed by atoms with Gasteiger partial charge in [-0.2, -0.15) is 0 Å². The van der Waals surface area contributed by atoms with E-state index in [0.29, 0.717) is 5.39 Å². The molecule has 0 unspecified atom stereocenters. The molecule has 0 saturated heterocycles. The summed E-state index contributed by atoms with van der Waals surface area (Å²) in [6.07, 6.45) is 0. The van der Waals surface area contributed by atoms with E-state index in [0.717, 1.165) is 11.1 Å². The zero-order chi connectivity index (χ0) is 10.8. The lowest BCUT2D eigenvalue weighted by Crippen LogP contribution is -2.08. The molecule has 0 aliphatic carbocycles. The Balaban J connectivity index is 2.83. The molecule has 0 heterocycles. The molecule has 0 spiro atoms. The van der Waals surface area contributed by atoms with Crippen LogP contribution >= 0.6 is 0 Å². The Hall–Kier alpha value is -2.07. The molecule has 4 heteroatoms. The molecule has 0 atom stereocenters. The van der Waals surface area contributed by atoms with Crippen molar-refractivity contribution in [1.29, 1.82) is 0 Å². The second-order valence-electron chi connectivity index (χ2n) is 3.16. The van der Waals surface area contributed by atoms with Gasteiger partial charge in [0.2, 0.25) is 0 Å². The van der Waals surface area contributed by atoms with Gasteiger partial charge in [0.05, 0.1) is 11.3 Å². The minimum Gasteiger partial charge on any atom is -0.478 e. The number of carbonyl (C=O) groups is 1. The normalized spacial score (nSPS) is 10.2. The molecule has 0 bridgehead atoms. The number of anilines is 1. The lowest BCUT2D eigenvalue weighted by molar-refractivity contribution is 0.0699. The fourth-order valence-electron chi connectivity index (χ4n) is 1.61. The number of nitrogen functional groups attached to an aromatic ring is 1. The number of aromatic carboxylic acids is 1. The molecular weight excluding hydrogens is 192 g/mol. The number of hydrogen-bond acceptors (Lipinski definition) is 3. The first-order chi connectivity index (χ1) is 7.24. The molecule has 0 aliphatic heterocycles. The molecule has 0 amide bonds. The molecule has 4 nitrogen and oxygen atoms in total. The monoisotopic (exact) mass is 202 g/mol. The second-order valence-corrected chi connectivity index (χ2v) is 3.16. The summed E-state index contributed by atoms with van der Waals surface area (Å²) >= 11 is 0. The van der Waals surface area contributed by atoms with Gasteiger partial charge in [-0.3, -0.25) is 5.84 Å². The summed E-state index contributed by atoms with van der Waals surface area (Å²) in [6, 6.07) is 10.4. The highest BCUT2D eigenvalue weighted by Gasteiger charge is 2.09. The summed E-state index contributed by atoms with van der Waals surface area (Å²) in [4.78, 5) is 11.0. The lowest BCUT2D eigenvalue weighted by Gasteiger charge is -2.07. The quantitative estimate of drug-likeness (QED) is 0.513. The number of nitrogens with two attached hydrogens (primary N) is 1. The van der Waals surface area contributed by atoms with E-state index < -0.39 is 5.97 Å². The standard InChI is InChI=1S/C11H10N2O2/c12-13-10-6-5-9(11(14)15)7-3-1-2-4-8(7)10/h1-6,13H,12H2,(H,14,15). The Morgan fingerprint density at radius 1 is 1.13 bits per heavy atom. The smallest absolute Gasteiger partial charge is 0.336 e.